The van der Waals surface area contributed by atoms with Crippen LogP contribution in [0.3, 0.4) is 0 Å². The number of rotatable bonds is 5. The van der Waals surface area contributed by atoms with Crippen molar-refractivity contribution in [2.75, 3.05) is 14.2 Å². The molecule has 0 aromatic heterocycles. The number of carbonyl (C=O) groups is 1. The van der Waals surface area contributed by atoms with Crippen molar-refractivity contribution in [2.24, 2.45) is 0 Å². The lowest BCUT2D eigenvalue weighted by molar-refractivity contribution is -0.117. The molecule has 0 saturated heterocycles. The molecule has 2 aromatic carbocycles. The number of benzene rings is 2. The van der Waals surface area contributed by atoms with Gasteiger partial charge in [0.2, 0.25) is 5.91 Å². The fourth-order valence-electron chi connectivity index (χ4n) is 3.45. The van der Waals surface area contributed by atoms with Crippen molar-refractivity contribution in [3.63, 3.8) is 0 Å². The number of aryl methyl sites for hydroxylation is 1. The van der Waals surface area contributed by atoms with Crippen LogP contribution in [0.4, 0.5) is 0 Å². The number of nitrogens with one attached hydrogen (secondary N) is 1. The molecule has 0 aliphatic carbocycles. The largest absolute Gasteiger partial charge is 0.493 e. The first-order valence-electron chi connectivity index (χ1n) is 9.31. The summed E-state index contributed by atoms with van der Waals surface area (Å²) in [7, 11) is 3.18. The van der Waals surface area contributed by atoms with E-state index in [-0.39, 0.29) is 17.6 Å². The third-order valence-corrected chi connectivity index (χ3v) is 4.77. The SMILES string of the molecule is COc1ccc(/C=C/C(=O)N[C@@H]2CC(C)(C)Oc3ccc(C)cc32)cc1OC. The van der Waals surface area contributed by atoms with Gasteiger partial charge in [-0.05, 0) is 50.6 Å². The molecule has 0 fully saturated rings. The first kappa shape index (κ1) is 19.8. The molecule has 28 heavy (non-hydrogen) atoms. The molecule has 1 N–H and O–H groups in total. The molecule has 0 spiro atoms. The topological polar surface area (TPSA) is 56.8 Å². The highest BCUT2D eigenvalue weighted by atomic mass is 16.5. The van der Waals surface area contributed by atoms with Crippen molar-refractivity contribution in [1.82, 2.24) is 5.32 Å². The van der Waals surface area contributed by atoms with Crippen molar-refractivity contribution in [1.29, 1.82) is 0 Å². The molecule has 5 heteroatoms. The highest BCUT2D eigenvalue weighted by molar-refractivity contribution is 5.92. The van der Waals surface area contributed by atoms with Gasteiger partial charge in [0.05, 0.1) is 20.3 Å². The molecule has 1 heterocycles. The van der Waals surface area contributed by atoms with E-state index in [1.54, 1.807) is 26.4 Å². The van der Waals surface area contributed by atoms with Crippen molar-refractivity contribution in [2.45, 2.75) is 38.8 Å². The molecule has 0 radical (unpaired) electrons. The van der Waals surface area contributed by atoms with Crippen LogP contribution in [-0.2, 0) is 4.79 Å². The number of hydrogen-bond donors (Lipinski definition) is 1. The molecular formula is C23H27NO4. The van der Waals surface area contributed by atoms with Crippen molar-refractivity contribution in [3.8, 4) is 17.2 Å². The summed E-state index contributed by atoms with van der Waals surface area (Å²) in [5.74, 6) is 1.96. The minimum Gasteiger partial charge on any atom is -0.493 e. The van der Waals surface area contributed by atoms with Gasteiger partial charge in [-0.3, -0.25) is 4.79 Å². The minimum absolute atomic E-state index is 0.0961. The first-order chi connectivity index (χ1) is 13.3. The molecule has 1 aliphatic heterocycles. The van der Waals surface area contributed by atoms with Gasteiger partial charge in [-0.15, -0.1) is 0 Å². The Morgan fingerprint density at radius 1 is 1.14 bits per heavy atom. The maximum atomic E-state index is 12.6. The fourth-order valence-corrected chi connectivity index (χ4v) is 3.45. The Balaban J connectivity index is 1.76. The number of methoxy groups -OCH3 is 2. The maximum Gasteiger partial charge on any atom is 0.244 e. The van der Waals surface area contributed by atoms with Crippen LogP contribution in [0, 0.1) is 6.92 Å². The second-order valence-electron chi connectivity index (χ2n) is 7.62. The summed E-state index contributed by atoms with van der Waals surface area (Å²) in [6.07, 6.45) is 4.01. The third kappa shape index (κ3) is 4.47. The summed E-state index contributed by atoms with van der Waals surface area (Å²) < 4.78 is 16.6. The lowest BCUT2D eigenvalue weighted by Crippen LogP contribution is -2.41. The van der Waals surface area contributed by atoms with Crippen LogP contribution in [0.1, 0.15) is 43.0 Å². The van der Waals surface area contributed by atoms with Gasteiger partial charge in [0, 0.05) is 18.1 Å². The van der Waals surface area contributed by atoms with E-state index >= 15 is 0 Å². The Kier molecular flexibility index (Phi) is 5.63. The Labute approximate surface area is 166 Å². The van der Waals surface area contributed by atoms with Crippen LogP contribution in [0.15, 0.2) is 42.5 Å². The van der Waals surface area contributed by atoms with Crippen LogP contribution >= 0.6 is 0 Å². The predicted molar refractivity (Wildman–Crippen MR) is 110 cm³/mol. The highest BCUT2D eigenvalue weighted by Crippen LogP contribution is 2.39. The van der Waals surface area contributed by atoms with E-state index in [0.717, 1.165) is 22.4 Å². The Bertz CT molecular complexity index is 901. The second-order valence-corrected chi connectivity index (χ2v) is 7.62. The van der Waals surface area contributed by atoms with Crippen molar-refractivity contribution in [3.05, 3.63) is 59.2 Å². The van der Waals surface area contributed by atoms with E-state index in [0.29, 0.717) is 17.9 Å². The lowest BCUT2D eigenvalue weighted by atomic mass is 9.89. The summed E-state index contributed by atoms with van der Waals surface area (Å²) in [5, 5.41) is 3.12. The van der Waals surface area contributed by atoms with E-state index in [4.69, 9.17) is 14.2 Å². The fraction of sp³-hybridized carbons (Fsp3) is 0.348. The number of fused-ring (bicyclic) bond motifs is 1. The van der Waals surface area contributed by atoms with E-state index < -0.39 is 0 Å². The average molecular weight is 381 g/mol. The summed E-state index contributed by atoms with van der Waals surface area (Å²) in [6, 6.07) is 11.5. The summed E-state index contributed by atoms with van der Waals surface area (Å²) in [4.78, 5) is 12.6. The minimum atomic E-state index is -0.340. The van der Waals surface area contributed by atoms with Crippen molar-refractivity contribution < 1.29 is 19.0 Å². The average Bonchev–Trinajstić information content (AvgIpc) is 2.66. The molecule has 1 aliphatic rings. The highest BCUT2D eigenvalue weighted by Gasteiger charge is 2.34. The third-order valence-electron chi connectivity index (χ3n) is 4.77. The molecule has 1 amide bonds. The van der Waals surface area contributed by atoms with Gasteiger partial charge in [0.1, 0.15) is 11.4 Å². The molecule has 0 unspecified atom stereocenters. The predicted octanol–water partition coefficient (Wildman–Crippen LogP) is 4.44. The van der Waals surface area contributed by atoms with Gasteiger partial charge in [-0.25, -0.2) is 0 Å². The molecule has 1 atom stereocenters. The molecular weight excluding hydrogens is 354 g/mol. The van der Waals surface area contributed by atoms with Crippen LogP contribution in [-0.4, -0.2) is 25.7 Å². The zero-order valence-electron chi connectivity index (χ0n) is 17.0. The molecule has 0 bridgehead atoms. The standard InChI is InChI=1S/C23H27NO4/c1-15-6-9-19-17(12-15)18(14-23(2,3)28-19)24-22(25)11-8-16-7-10-20(26-4)21(13-16)27-5/h6-13,18H,14H2,1-5H3,(H,24,25)/b11-8+/t18-/m1/s1. The van der Waals surface area contributed by atoms with Gasteiger partial charge in [0.25, 0.3) is 0 Å². The number of carbonyl (C=O) groups excluding carboxylic acids is 1. The van der Waals surface area contributed by atoms with Gasteiger partial charge >= 0.3 is 0 Å². The summed E-state index contributed by atoms with van der Waals surface area (Å²) in [6.45, 7) is 6.11. The van der Waals surface area contributed by atoms with Crippen LogP contribution in [0.5, 0.6) is 17.2 Å². The lowest BCUT2D eigenvalue weighted by Gasteiger charge is -2.38. The Hall–Kier alpha value is -2.95. The first-order valence-corrected chi connectivity index (χ1v) is 9.31. The molecule has 0 saturated carbocycles. The van der Waals surface area contributed by atoms with Crippen LogP contribution in [0.2, 0.25) is 0 Å². The summed E-state index contributed by atoms with van der Waals surface area (Å²) in [5.41, 5.74) is 2.68. The van der Waals surface area contributed by atoms with Gasteiger partial charge < -0.3 is 19.5 Å². The molecule has 3 rings (SSSR count). The van der Waals surface area contributed by atoms with Crippen LogP contribution < -0.4 is 19.5 Å². The zero-order chi connectivity index (χ0) is 20.3. The van der Waals surface area contributed by atoms with Crippen LogP contribution in [0.25, 0.3) is 6.08 Å². The quantitative estimate of drug-likeness (QED) is 0.778. The Morgan fingerprint density at radius 2 is 1.89 bits per heavy atom. The zero-order valence-corrected chi connectivity index (χ0v) is 17.0. The maximum absolute atomic E-state index is 12.6. The number of hydrogen-bond acceptors (Lipinski definition) is 4. The second kappa shape index (κ2) is 7.97. The number of amides is 1. The van der Waals surface area contributed by atoms with E-state index in [1.807, 2.05) is 51.1 Å². The van der Waals surface area contributed by atoms with Gasteiger partial charge in [-0.1, -0.05) is 23.8 Å². The smallest absolute Gasteiger partial charge is 0.244 e. The van der Waals surface area contributed by atoms with Crippen molar-refractivity contribution >= 4 is 12.0 Å². The molecule has 5 nitrogen and oxygen atoms in total. The normalized spacial score (nSPS) is 17.5. The van der Waals surface area contributed by atoms with E-state index in [9.17, 15) is 4.79 Å². The monoisotopic (exact) mass is 381 g/mol. The molecule has 148 valence electrons. The van der Waals surface area contributed by atoms with Gasteiger partial charge in [0.15, 0.2) is 11.5 Å². The van der Waals surface area contributed by atoms with Gasteiger partial charge in [-0.2, -0.15) is 0 Å². The van der Waals surface area contributed by atoms with E-state index in [1.165, 1.54) is 0 Å². The Morgan fingerprint density at radius 3 is 2.61 bits per heavy atom. The molecule has 2 aromatic rings. The van der Waals surface area contributed by atoms with E-state index in [2.05, 4.69) is 11.4 Å². The summed E-state index contributed by atoms with van der Waals surface area (Å²) >= 11 is 0. The number of ether oxygens (including phenoxy) is 3.